The minimum atomic E-state index is -0.657. The zero-order chi connectivity index (χ0) is 21.0. The number of hydrogen-bond donors (Lipinski definition) is 1. The number of likely N-dealkylation sites (tertiary alicyclic amines) is 1. The van der Waals surface area contributed by atoms with E-state index >= 15 is 0 Å². The molecule has 0 radical (unpaired) electrons. The number of ether oxygens (including phenoxy) is 1. The molecule has 3 rings (SSSR count). The van der Waals surface area contributed by atoms with Gasteiger partial charge in [-0.1, -0.05) is 29.3 Å². The predicted molar refractivity (Wildman–Crippen MR) is 110 cm³/mol. The maximum absolute atomic E-state index is 13.9. The molecule has 1 fully saturated rings. The van der Waals surface area contributed by atoms with Gasteiger partial charge in [0.25, 0.3) is 11.8 Å². The van der Waals surface area contributed by atoms with E-state index in [0.29, 0.717) is 36.7 Å². The highest BCUT2D eigenvalue weighted by Gasteiger charge is 2.28. The molecule has 0 bridgehead atoms. The number of carbonyl (C=O) groups excluding carboxylic acids is 2. The van der Waals surface area contributed by atoms with Crippen LogP contribution in [0.25, 0.3) is 0 Å². The van der Waals surface area contributed by atoms with Crippen molar-refractivity contribution in [1.82, 2.24) is 10.2 Å². The molecule has 1 atom stereocenters. The summed E-state index contributed by atoms with van der Waals surface area (Å²) in [6, 6.07) is 10.8. The summed E-state index contributed by atoms with van der Waals surface area (Å²) in [7, 11) is 0. The van der Waals surface area contributed by atoms with Crippen molar-refractivity contribution < 1.29 is 18.7 Å². The SMILES string of the molecule is CC(Oc1ccc(Cl)cc1)C(=O)N1CCC(NC(=O)c2c(F)cccc2Cl)CC1. The van der Waals surface area contributed by atoms with Gasteiger partial charge in [0.1, 0.15) is 11.6 Å². The van der Waals surface area contributed by atoms with E-state index in [4.69, 9.17) is 27.9 Å². The van der Waals surface area contributed by atoms with Crippen LogP contribution in [0.1, 0.15) is 30.1 Å². The highest BCUT2D eigenvalue weighted by Crippen LogP contribution is 2.21. The fraction of sp³-hybridized carbons (Fsp3) is 0.333. The van der Waals surface area contributed by atoms with E-state index in [9.17, 15) is 14.0 Å². The molecule has 2 amide bonds. The molecule has 0 aliphatic carbocycles. The smallest absolute Gasteiger partial charge is 0.263 e. The first-order chi connectivity index (χ1) is 13.8. The Morgan fingerprint density at radius 2 is 1.79 bits per heavy atom. The summed E-state index contributed by atoms with van der Waals surface area (Å²) in [5, 5.41) is 3.47. The average Bonchev–Trinajstić information content (AvgIpc) is 2.69. The highest BCUT2D eigenvalue weighted by atomic mass is 35.5. The van der Waals surface area contributed by atoms with Gasteiger partial charge in [0.2, 0.25) is 0 Å². The summed E-state index contributed by atoms with van der Waals surface area (Å²) in [5.74, 6) is -0.755. The van der Waals surface area contributed by atoms with E-state index in [1.54, 1.807) is 36.1 Å². The number of hydrogen-bond acceptors (Lipinski definition) is 3. The van der Waals surface area contributed by atoms with Crippen molar-refractivity contribution in [3.05, 3.63) is 63.9 Å². The Kier molecular flexibility index (Phi) is 6.98. The first kappa shape index (κ1) is 21.4. The van der Waals surface area contributed by atoms with Crippen molar-refractivity contribution in [1.29, 1.82) is 0 Å². The summed E-state index contributed by atoms with van der Waals surface area (Å²) in [6.07, 6.45) is 0.494. The molecule has 154 valence electrons. The number of piperidine rings is 1. The van der Waals surface area contributed by atoms with Gasteiger partial charge in [-0.15, -0.1) is 0 Å². The molecule has 29 heavy (non-hydrogen) atoms. The molecule has 1 aliphatic heterocycles. The van der Waals surface area contributed by atoms with Gasteiger partial charge in [0.15, 0.2) is 6.10 Å². The van der Waals surface area contributed by atoms with Gasteiger partial charge in [-0.2, -0.15) is 0 Å². The second-order valence-electron chi connectivity index (χ2n) is 6.88. The second kappa shape index (κ2) is 9.46. The summed E-state index contributed by atoms with van der Waals surface area (Å²) in [6.45, 7) is 2.65. The lowest BCUT2D eigenvalue weighted by Crippen LogP contribution is -2.49. The molecular formula is C21H21Cl2FN2O3. The van der Waals surface area contributed by atoms with Gasteiger partial charge >= 0.3 is 0 Å². The third kappa shape index (κ3) is 5.40. The molecule has 0 spiro atoms. The first-order valence-corrected chi connectivity index (χ1v) is 10.1. The molecular weight excluding hydrogens is 418 g/mol. The van der Waals surface area contributed by atoms with E-state index in [2.05, 4.69) is 5.32 Å². The van der Waals surface area contributed by atoms with Crippen LogP contribution >= 0.6 is 23.2 Å². The highest BCUT2D eigenvalue weighted by molar-refractivity contribution is 6.33. The molecule has 1 saturated heterocycles. The standard InChI is InChI=1S/C21H21Cl2FN2O3/c1-13(29-16-7-5-14(22)6-8-16)21(28)26-11-9-15(10-12-26)25-20(27)19-17(23)3-2-4-18(19)24/h2-8,13,15H,9-12H2,1H3,(H,25,27). The van der Waals surface area contributed by atoms with Crippen molar-refractivity contribution in [2.75, 3.05) is 13.1 Å². The van der Waals surface area contributed by atoms with Crippen molar-refractivity contribution >= 4 is 35.0 Å². The number of benzene rings is 2. The Hall–Kier alpha value is -2.31. The molecule has 5 nitrogen and oxygen atoms in total. The first-order valence-electron chi connectivity index (χ1n) is 9.31. The third-order valence-electron chi connectivity index (χ3n) is 4.81. The van der Waals surface area contributed by atoms with Crippen molar-refractivity contribution in [2.24, 2.45) is 0 Å². The number of nitrogens with one attached hydrogen (secondary N) is 1. The Morgan fingerprint density at radius 3 is 2.41 bits per heavy atom. The largest absolute Gasteiger partial charge is 0.481 e. The number of amides is 2. The number of rotatable bonds is 5. The molecule has 1 aliphatic rings. The normalized spacial score (nSPS) is 15.7. The van der Waals surface area contributed by atoms with Gasteiger partial charge in [0, 0.05) is 24.2 Å². The number of nitrogens with zero attached hydrogens (tertiary/aromatic N) is 1. The molecule has 1 heterocycles. The molecule has 1 unspecified atom stereocenters. The van der Waals surface area contributed by atoms with Crippen LogP contribution in [-0.2, 0) is 4.79 Å². The summed E-state index contributed by atoms with van der Waals surface area (Å²) in [5.41, 5.74) is -0.155. The zero-order valence-electron chi connectivity index (χ0n) is 15.8. The van der Waals surface area contributed by atoms with Gasteiger partial charge in [-0.25, -0.2) is 4.39 Å². The van der Waals surface area contributed by atoms with Crippen LogP contribution in [0.3, 0.4) is 0 Å². The Morgan fingerprint density at radius 1 is 1.14 bits per heavy atom. The van der Waals surface area contributed by atoms with Gasteiger partial charge in [-0.3, -0.25) is 9.59 Å². The summed E-state index contributed by atoms with van der Waals surface area (Å²) < 4.78 is 19.6. The monoisotopic (exact) mass is 438 g/mol. The molecule has 1 N–H and O–H groups in total. The third-order valence-corrected chi connectivity index (χ3v) is 5.37. The molecule has 0 aromatic heterocycles. The quantitative estimate of drug-likeness (QED) is 0.755. The maximum atomic E-state index is 13.9. The summed E-state index contributed by atoms with van der Waals surface area (Å²) >= 11 is 11.8. The lowest BCUT2D eigenvalue weighted by atomic mass is 10.0. The molecule has 0 saturated carbocycles. The lowest BCUT2D eigenvalue weighted by molar-refractivity contribution is -0.139. The van der Waals surface area contributed by atoms with Gasteiger partial charge < -0.3 is 15.0 Å². The van der Waals surface area contributed by atoms with Crippen LogP contribution in [0.15, 0.2) is 42.5 Å². The van der Waals surface area contributed by atoms with E-state index in [0.717, 1.165) is 0 Å². The zero-order valence-corrected chi connectivity index (χ0v) is 17.3. The van der Waals surface area contributed by atoms with E-state index < -0.39 is 17.8 Å². The van der Waals surface area contributed by atoms with Crippen molar-refractivity contribution in [2.45, 2.75) is 31.9 Å². The molecule has 8 heteroatoms. The van der Waals surface area contributed by atoms with Crippen LogP contribution in [0.4, 0.5) is 4.39 Å². The van der Waals surface area contributed by atoms with Crippen molar-refractivity contribution in [3.8, 4) is 5.75 Å². The molecule has 2 aromatic rings. The topological polar surface area (TPSA) is 58.6 Å². The Labute approximate surface area is 178 Å². The van der Waals surface area contributed by atoms with E-state index in [1.165, 1.54) is 18.2 Å². The minimum absolute atomic E-state index is 0.0725. The fourth-order valence-corrected chi connectivity index (χ4v) is 3.62. The van der Waals surface area contributed by atoms with Gasteiger partial charge in [-0.05, 0) is 56.2 Å². The Balaban J connectivity index is 1.51. The van der Waals surface area contributed by atoms with Crippen LogP contribution in [0, 0.1) is 5.82 Å². The van der Waals surface area contributed by atoms with Crippen LogP contribution in [0.5, 0.6) is 5.75 Å². The van der Waals surface area contributed by atoms with Crippen LogP contribution in [0.2, 0.25) is 10.0 Å². The second-order valence-corrected chi connectivity index (χ2v) is 7.73. The van der Waals surface area contributed by atoms with E-state index in [1.807, 2.05) is 0 Å². The lowest BCUT2D eigenvalue weighted by Gasteiger charge is -2.34. The number of halogens is 3. The molecule has 2 aromatic carbocycles. The summed E-state index contributed by atoms with van der Waals surface area (Å²) in [4.78, 5) is 26.7. The number of carbonyl (C=O) groups is 2. The van der Waals surface area contributed by atoms with Crippen LogP contribution < -0.4 is 10.1 Å². The maximum Gasteiger partial charge on any atom is 0.263 e. The van der Waals surface area contributed by atoms with Crippen molar-refractivity contribution in [3.63, 3.8) is 0 Å². The van der Waals surface area contributed by atoms with Gasteiger partial charge in [0.05, 0.1) is 10.6 Å². The van der Waals surface area contributed by atoms with Crippen LogP contribution in [-0.4, -0.2) is 41.9 Å². The Bertz CT molecular complexity index is 864. The average molecular weight is 439 g/mol. The minimum Gasteiger partial charge on any atom is -0.481 e. The predicted octanol–water partition coefficient (Wildman–Crippen LogP) is 4.32. The van der Waals surface area contributed by atoms with E-state index in [-0.39, 0.29) is 22.5 Å². The fourth-order valence-electron chi connectivity index (χ4n) is 3.24.